The molecule has 4 rings (SSSR count). The van der Waals surface area contributed by atoms with Crippen LogP contribution in [0.5, 0.6) is 0 Å². The predicted molar refractivity (Wildman–Crippen MR) is 137 cm³/mol. The molecule has 2 amide bonds. The van der Waals surface area contributed by atoms with Gasteiger partial charge in [0.15, 0.2) is 5.82 Å². The van der Waals surface area contributed by atoms with Gasteiger partial charge in [0.05, 0.1) is 11.3 Å². The first-order valence-corrected chi connectivity index (χ1v) is 12.2. The second kappa shape index (κ2) is 11.9. The molecule has 0 fully saturated rings. The quantitative estimate of drug-likeness (QED) is 0.305. The molecule has 0 bridgehead atoms. The Kier molecular flexibility index (Phi) is 8.15. The number of carbonyl (C=O) groups excluding carboxylic acids is 2. The third kappa shape index (κ3) is 6.61. The van der Waals surface area contributed by atoms with Gasteiger partial charge in [-0.25, -0.2) is 9.97 Å². The highest BCUT2D eigenvalue weighted by molar-refractivity contribution is 7.12. The van der Waals surface area contributed by atoms with Gasteiger partial charge < -0.3 is 15.7 Å². The SMILES string of the molecule is O=C(O)CCNC(=O)C(Cc1ccc(-c2ncc(-c3ccccc3)cn2)cc1)NC(=O)c1cccs1. The van der Waals surface area contributed by atoms with E-state index >= 15 is 0 Å². The third-order valence-electron chi connectivity index (χ3n) is 5.42. The van der Waals surface area contributed by atoms with Gasteiger partial charge in [0, 0.05) is 36.5 Å². The Morgan fingerprint density at radius 1 is 0.861 bits per heavy atom. The topological polar surface area (TPSA) is 121 Å². The van der Waals surface area contributed by atoms with Crippen LogP contribution in [0.15, 0.2) is 84.5 Å². The fourth-order valence-electron chi connectivity index (χ4n) is 3.54. The van der Waals surface area contributed by atoms with Crippen molar-refractivity contribution in [3.05, 3.63) is 94.9 Å². The predicted octanol–water partition coefficient (Wildman–Crippen LogP) is 3.80. The van der Waals surface area contributed by atoms with Gasteiger partial charge in [-0.3, -0.25) is 14.4 Å². The van der Waals surface area contributed by atoms with E-state index in [1.807, 2.05) is 54.6 Å². The van der Waals surface area contributed by atoms with Gasteiger partial charge in [-0.1, -0.05) is 60.7 Å². The van der Waals surface area contributed by atoms with Crippen LogP contribution < -0.4 is 10.6 Å². The normalized spacial score (nSPS) is 11.4. The summed E-state index contributed by atoms with van der Waals surface area (Å²) in [7, 11) is 0. The van der Waals surface area contributed by atoms with Crippen LogP contribution >= 0.6 is 11.3 Å². The third-order valence-corrected chi connectivity index (χ3v) is 6.28. The molecule has 0 radical (unpaired) electrons. The van der Waals surface area contributed by atoms with E-state index in [9.17, 15) is 14.4 Å². The van der Waals surface area contributed by atoms with Crippen molar-refractivity contribution < 1.29 is 19.5 Å². The zero-order valence-corrected chi connectivity index (χ0v) is 20.1. The van der Waals surface area contributed by atoms with Crippen molar-refractivity contribution in [2.45, 2.75) is 18.9 Å². The average molecular weight is 501 g/mol. The number of hydrogen-bond donors (Lipinski definition) is 3. The average Bonchev–Trinajstić information content (AvgIpc) is 3.44. The van der Waals surface area contributed by atoms with Crippen LogP contribution in [0.3, 0.4) is 0 Å². The van der Waals surface area contributed by atoms with Crippen molar-refractivity contribution in [1.29, 1.82) is 0 Å². The number of benzene rings is 2. The summed E-state index contributed by atoms with van der Waals surface area (Å²) in [6.07, 6.45) is 3.60. The van der Waals surface area contributed by atoms with Gasteiger partial charge in [0.1, 0.15) is 6.04 Å². The molecule has 3 N–H and O–H groups in total. The molecule has 182 valence electrons. The Labute approximate surface area is 212 Å². The molecule has 2 aromatic heterocycles. The van der Waals surface area contributed by atoms with E-state index in [1.165, 1.54) is 11.3 Å². The molecule has 2 aromatic carbocycles. The van der Waals surface area contributed by atoms with Crippen LogP contribution in [0, 0.1) is 0 Å². The van der Waals surface area contributed by atoms with E-state index in [4.69, 9.17) is 5.11 Å². The first kappa shape index (κ1) is 24.7. The van der Waals surface area contributed by atoms with Crippen LogP contribution in [0.1, 0.15) is 21.7 Å². The molecule has 0 aliphatic rings. The Morgan fingerprint density at radius 3 is 2.22 bits per heavy atom. The van der Waals surface area contributed by atoms with Crippen LogP contribution in [-0.4, -0.2) is 45.4 Å². The maximum Gasteiger partial charge on any atom is 0.305 e. The number of rotatable bonds is 10. The molecule has 2 heterocycles. The molecule has 4 aromatic rings. The fraction of sp³-hybridized carbons (Fsp3) is 0.148. The number of nitrogens with zero attached hydrogens (tertiary/aromatic N) is 2. The molecule has 0 saturated heterocycles. The summed E-state index contributed by atoms with van der Waals surface area (Å²) in [4.78, 5) is 45.5. The van der Waals surface area contributed by atoms with E-state index in [0.717, 1.165) is 22.3 Å². The number of carboxylic acid groups (broad SMARTS) is 1. The van der Waals surface area contributed by atoms with Crippen LogP contribution in [0.25, 0.3) is 22.5 Å². The monoisotopic (exact) mass is 500 g/mol. The molecule has 0 aliphatic carbocycles. The fourth-order valence-corrected chi connectivity index (χ4v) is 4.17. The highest BCUT2D eigenvalue weighted by Crippen LogP contribution is 2.21. The lowest BCUT2D eigenvalue weighted by Crippen LogP contribution is -2.48. The number of carboxylic acids is 1. The van der Waals surface area contributed by atoms with E-state index in [2.05, 4.69) is 20.6 Å². The van der Waals surface area contributed by atoms with E-state index in [-0.39, 0.29) is 25.3 Å². The summed E-state index contributed by atoms with van der Waals surface area (Å²) < 4.78 is 0. The van der Waals surface area contributed by atoms with Gasteiger partial charge in [-0.05, 0) is 22.6 Å². The molecule has 0 saturated carbocycles. The Balaban J connectivity index is 1.45. The minimum absolute atomic E-state index is 0.0191. The number of nitrogens with one attached hydrogen (secondary N) is 2. The lowest BCUT2D eigenvalue weighted by Gasteiger charge is -2.18. The summed E-state index contributed by atoms with van der Waals surface area (Å²) in [5, 5.41) is 16.0. The zero-order valence-electron chi connectivity index (χ0n) is 19.3. The van der Waals surface area contributed by atoms with Crippen molar-refractivity contribution in [3.8, 4) is 22.5 Å². The molecule has 8 nitrogen and oxygen atoms in total. The molecule has 9 heteroatoms. The minimum atomic E-state index is -1.01. The maximum atomic E-state index is 12.7. The van der Waals surface area contributed by atoms with Crippen LogP contribution in [0.2, 0.25) is 0 Å². The molecule has 36 heavy (non-hydrogen) atoms. The Morgan fingerprint density at radius 2 is 1.58 bits per heavy atom. The van der Waals surface area contributed by atoms with Gasteiger partial charge in [-0.15, -0.1) is 11.3 Å². The van der Waals surface area contributed by atoms with Crippen molar-refractivity contribution in [2.75, 3.05) is 6.54 Å². The molecular weight excluding hydrogens is 476 g/mol. The molecule has 1 atom stereocenters. The molecular formula is C27H24N4O4S. The van der Waals surface area contributed by atoms with Crippen molar-refractivity contribution in [3.63, 3.8) is 0 Å². The second-order valence-corrected chi connectivity index (χ2v) is 8.95. The Bertz CT molecular complexity index is 1310. The lowest BCUT2D eigenvalue weighted by atomic mass is 10.0. The van der Waals surface area contributed by atoms with Crippen LogP contribution in [-0.2, 0) is 16.0 Å². The summed E-state index contributed by atoms with van der Waals surface area (Å²) >= 11 is 1.28. The highest BCUT2D eigenvalue weighted by Gasteiger charge is 2.22. The zero-order chi connectivity index (χ0) is 25.3. The molecule has 0 spiro atoms. The lowest BCUT2D eigenvalue weighted by molar-refractivity contribution is -0.137. The van der Waals surface area contributed by atoms with E-state index < -0.39 is 17.9 Å². The summed E-state index contributed by atoms with van der Waals surface area (Å²) in [6, 6.07) is 19.9. The van der Waals surface area contributed by atoms with Crippen LogP contribution in [0.4, 0.5) is 0 Å². The minimum Gasteiger partial charge on any atom is -0.481 e. The van der Waals surface area contributed by atoms with Crippen molar-refractivity contribution >= 4 is 29.1 Å². The number of carbonyl (C=O) groups is 3. The second-order valence-electron chi connectivity index (χ2n) is 8.00. The number of amides is 2. The number of aromatic nitrogens is 2. The first-order chi connectivity index (χ1) is 17.5. The van der Waals surface area contributed by atoms with E-state index in [0.29, 0.717) is 10.7 Å². The van der Waals surface area contributed by atoms with Gasteiger partial charge >= 0.3 is 5.97 Å². The van der Waals surface area contributed by atoms with Gasteiger partial charge in [0.2, 0.25) is 5.91 Å². The van der Waals surface area contributed by atoms with Gasteiger partial charge in [-0.2, -0.15) is 0 Å². The highest BCUT2D eigenvalue weighted by atomic mass is 32.1. The standard InChI is InChI=1S/C27H24N4O4S/c32-24(33)12-13-28-26(34)22(31-27(35)23-7-4-14-36-23)15-18-8-10-20(11-9-18)25-29-16-21(17-30-25)19-5-2-1-3-6-19/h1-11,14,16-17,22H,12-13,15H2,(H,28,34)(H,31,35)(H,32,33). The number of thiophene rings is 1. The number of hydrogen-bond acceptors (Lipinski definition) is 6. The largest absolute Gasteiger partial charge is 0.481 e. The van der Waals surface area contributed by atoms with Crippen molar-refractivity contribution in [2.24, 2.45) is 0 Å². The first-order valence-electron chi connectivity index (χ1n) is 11.3. The van der Waals surface area contributed by atoms with Crippen molar-refractivity contribution in [1.82, 2.24) is 20.6 Å². The molecule has 0 aliphatic heterocycles. The van der Waals surface area contributed by atoms with Gasteiger partial charge in [0.25, 0.3) is 5.91 Å². The summed E-state index contributed by atoms with van der Waals surface area (Å²) in [5.41, 5.74) is 3.61. The molecule has 1 unspecified atom stereocenters. The summed E-state index contributed by atoms with van der Waals surface area (Å²) in [6.45, 7) is -0.0191. The maximum absolute atomic E-state index is 12.7. The Hall–Kier alpha value is -4.37. The van der Waals surface area contributed by atoms with E-state index in [1.54, 1.807) is 29.9 Å². The number of aliphatic carboxylic acids is 1. The smallest absolute Gasteiger partial charge is 0.305 e. The summed E-state index contributed by atoms with van der Waals surface area (Å²) in [5.74, 6) is -1.23.